The van der Waals surface area contributed by atoms with Crippen molar-refractivity contribution in [2.45, 2.75) is 25.0 Å². The highest BCUT2D eigenvalue weighted by molar-refractivity contribution is 5.83. The molecule has 1 saturated heterocycles. The maximum atomic E-state index is 12.6. The van der Waals surface area contributed by atoms with Crippen LogP contribution in [-0.2, 0) is 4.79 Å². The van der Waals surface area contributed by atoms with Crippen LogP contribution in [0.15, 0.2) is 24.3 Å². The Morgan fingerprint density at radius 3 is 2.71 bits per heavy atom. The number of hydrogen-bond donors (Lipinski definition) is 1. The number of likely N-dealkylation sites (tertiary alicyclic amines) is 1. The van der Waals surface area contributed by atoms with Gasteiger partial charge in [-0.25, -0.2) is 0 Å². The smallest absolute Gasteiger partial charge is 0.265 e. The lowest BCUT2D eigenvalue weighted by molar-refractivity contribution is -0.139. The van der Waals surface area contributed by atoms with Gasteiger partial charge in [-0.1, -0.05) is 12.1 Å². The van der Waals surface area contributed by atoms with Crippen molar-refractivity contribution in [3.8, 4) is 5.75 Å². The second-order valence-electron chi connectivity index (χ2n) is 6.00. The van der Waals surface area contributed by atoms with Crippen molar-refractivity contribution in [3.05, 3.63) is 24.3 Å². The molecule has 0 bridgehead atoms. The Kier molecular flexibility index (Phi) is 4.01. The largest absolute Gasteiger partial charge is 0.477 e. The van der Waals surface area contributed by atoms with Crippen molar-refractivity contribution in [2.75, 3.05) is 39.0 Å². The standard InChI is InChI=1S/C16H23N3O2/c1-18(2)12-7-9-19(10-8-12)16(20)15-11-17-13-5-3-4-6-14(13)21-15/h3-6,12,15,17H,7-11H2,1-2H3. The highest BCUT2D eigenvalue weighted by atomic mass is 16.5. The van der Waals surface area contributed by atoms with Crippen molar-refractivity contribution in [2.24, 2.45) is 0 Å². The number of anilines is 1. The van der Waals surface area contributed by atoms with E-state index in [0.717, 1.165) is 37.4 Å². The zero-order valence-corrected chi connectivity index (χ0v) is 12.7. The van der Waals surface area contributed by atoms with Gasteiger partial charge >= 0.3 is 0 Å². The Bertz CT molecular complexity index is 510. The fourth-order valence-corrected chi connectivity index (χ4v) is 3.06. The summed E-state index contributed by atoms with van der Waals surface area (Å²) in [5.74, 6) is 0.875. The van der Waals surface area contributed by atoms with E-state index in [2.05, 4.69) is 24.3 Å². The highest BCUT2D eigenvalue weighted by Gasteiger charge is 2.32. The van der Waals surface area contributed by atoms with Crippen LogP contribution in [0.2, 0.25) is 0 Å². The molecule has 0 radical (unpaired) electrons. The first-order valence-corrected chi connectivity index (χ1v) is 7.60. The zero-order chi connectivity index (χ0) is 14.8. The molecule has 2 aliphatic rings. The molecular weight excluding hydrogens is 266 g/mol. The molecule has 1 amide bonds. The Morgan fingerprint density at radius 1 is 1.29 bits per heavy atom. The normalized spacial score (nSPS) is 22.4. The average Bonchev–Trinajstić information content (AvgIpc) is 2.54. The lowest BCUT2D eigenvalue weighted by Gasteiger charge is -2.37. The summed E-state index contributed by atoms with van der Waals surface area (Å²) in [6.45, 7) is 2.19. The number of fused-ring (bicyclic) bond motifs is 1. The number of ether oxygens (including phenoxy) is 1. The zero-order valence-electron chi connectivity index (χ0n) is 12.7. The number of hydrogen-bond acceptors (Lipinski definition) is 4. The van der Waals surface area contributed by atoms with Crippen LogP contribution in [-0.4, -0.2) is 61.6 Å². The van der Waals surface area contributed by atoms with E-state index in [1.54, 1.807) is 0 Å². The molecule has 1 atom stereocenters. The van der Waals surface area contributed by atoms with Crippen LogP contribution in [0.1, 0.15) is 12.8 Å². The van der Waals surface area contributed by atoms with E-state index >= 15 is 0 Å². The summed E-state index contributed by atoms with van der Waals surface area (Å²) >= 11 is 0. The molecule has 2 heterocycles. The monoisotopic (exact) mass is 289 g/mol. The molecule has 0 aliphatic carbocycles. The first-order chi connectivity index (χ1) is 10.1. The molecule has 5 nitrogen and oxygen atoms in total. The molecule has 1 unspecified atom stereocenters. The molecule has 1 N–H and O–H groups in total. The molecule has 0 aromatic heterocycles. The van der Waals surface area contributed by atoms with E-state index in [1.165, 1.54) is 0 Å². The van der Waals surface area contributed by atoms with Crippen LogP contribution in [0, 0.1) is 0 Å². The number of nitrogens with zero attached hydrogens (tertiary/aromatic N) is 2. The third-order valence-electron chi connectivity index (χ3n) is 4.42. The fourth-order valence-electron chi connectivity index (χ4n) is 3.06. The lowest BCUT2D eigenvalue weighted by Crippen LogP contribution is -2.51. The second kappa shape index (κ2) is 5.93. The molecule has 0 spiro atoms. The molecule has 0 saturated carbocycles. The first kappa shape index (κ1) is 14.2. The number of para-hydroxylation sites is 2. The Labute approximate surface area is 125 Å². The number of amides is 1. The van der Waals surface area contributed by atoms with E-state index in [4.69, 9.17) is 4.74 Å². The van der Waals surface area contributed by atoms with Crippen LogP contribution in [0.3, 0.4) is 0 Å². The third kappa shape index (κ3) is 2.97. The van der Waals surface area contributed by atoms with Gasteiger partial charge in [-0.3, -0.25) is 4.79 Å². The molecule has 114 valence electrons. The Balaban J connectivity index is 1.60. The van der Waals surface area contributed by atoms with Gasteiger partial charge in [-0.2, -0.15) is 0 Å². The van der Waals surface area contributed by atoms with E-state index in [1.807, 2.05) is 29.2 Å². The topological polar surface area (TPSA) is 44.8 Å². The van der Waals surface area contributed by atoms with Gasteiger partial charge in [0.2, 0.25) is 0 Å². The van der Waals surface area contributed by atoms with Crippen LogP contribution >= 0.6 is 0 Å². The van der Waals surface area contributed by atoms with E-state index in [9.17, 15) is 4.79 Å². The second-order valence-corrected chi connectivity index (χ2v) is 6.00. The van der Waals surface area contributed by atoms with Crippen molar-refractivity contribution in [3.63, 3.8) is 0 Å². The molecule has 2 aliphatic heterocycles. The molecule has 1 fully saturated rings. The summed E-state index contributed by atoms with van der Waals surface area (Å²) in [6.07, 6.45) is 1.67. The van der Waals surface area contributed by atoms with Gasteiger partial charge in [0.15, 0.2) is 6.10 Å². The molecule has 1 aromatic rings. The molecular formula is C16H23N3O2. The summed E-state index contributed by atoms with van der Waals surface area (Å²) in [4.78, 5) is 16.8. The first-order valence-electron chi connectivity index (χ1n) is 7.60. The van der Waals surface area contributed by atoms with Gasteiger partial charge < -0.3 is 19.9 Å². The van der Waals surface area contributed by atoms with E-state index in [0.29, 0.717) is 12.6 Å². The van der Waals surface area contributed by atoms with Gasteiger partial charge in [0.1, 0.15) is 5.75 Å². The molecule has 5 heteroatoms. The molecule has 1 aromatic carbocycles. The van der Waals surface area contributed by atoms with E-state index in [-0.39, 0.29) is 5.91 Å². The maximum Gasteiger partial charge on any atom is 0.265 e. The number of rotatable bonds is 2. The molecule has 21 heavy (non-hydrogen) atoms. The number of carbonyl (C=O) groups is 1. The van der Waals surface area contributed by atoms with E-state index < -0.39 is 6.10 Å². The summed E-state index contributed by atoms with van der Waals surface area (Å²) in [5.41, 5.74) is 0.966. The number of nitrogens with one attached hydrogen (secondary N) is 1. The Morgan fingerprint density at radius 2 is 2.00 bits per heavy atom. The van der Waals surface area contributed by atoms with Gasteiger partial charge in [0.05, 0.1) is 12.2 Å². The van der Waals surface area contributed by atoms with Crippen molar-refractivity contribution in [1.29, 1.82) is 0 Å². The van der Waals surface area contributed by atoms with Gasteiger partial charge in [-0.15, -0.1) is 0 Å². The summed E-state index contributed by atoms with van der Waals surface area (Å²) in [7, 11) is 4.21. The predicted molar refractivity (Wildman–Crippen MR) is 82.6 cm³/mol. The van der Waals surface area contributed by atoms with Crippen molar-refractivity contribution in [1.82, 2.24) is 9.80 Å². The fraction of sp³-hybridized carbons (Fsp3) is 0.562. The van der Waals surface area contributed by atoms with Crippen molar-refractivity contribution >= 4 is 11.6 Å². The van der Waals surface area contributed by atoms with Gasteiger partial charge in [0, 0.05) is 19.1 Å². The minimum Gasteiger partial charge on any atom is -0.477 e. The molecule has 3 rings (SSSR count). The highest BCUT2D eigenvalue weighted by Crippen LogP contribution is 2.29. The minimum absolute atomic E-state index is 0.106. The lowest BCUT2D eigenvalue weighted by atomic mass is 10.0. The van der Waals surface area contributed by atoms with Crippen LogP contribution in [0.5, 0.6) is 5.75 Å². The number of carbonyl (C=O) groups excluding carboxylic acids is 1. The SMILES string of the molecule is CN(C)C1CCN(C(=O)C2CNc3ccccc3O2)CC1. The quantitative estimate of drug-likeness (QED) is 0.894. The third-order valence-corrected chi connectivity index (χ3v) is 4.42. The maximum absolute atomic E-state index is 12.6. The Hall–Kier alpha value is -1.75. The summed E-state index contributed by atoms with van der Waals surface area (Å²) in [6, 6.07) is 8.35. The van der Waals surface area contributed by atoms with Gasteiger partial charge in [0.25, 0.3) is 5.91 Å². The van der Waals surface area contributed by atoms with Gasteiger partial charge in [-0.05, 0) is 39.1 Å². The van der Waals surface area contributed by atoms with Crippen molar-refractivity contribution < 1.29 is 9.53 Å². The van der Waals surface area contributed by atoms with Crippen LogP contribution < -0.4 is 10.1 Å². The summed E-state index contributed by atoms with van der Waals surface area (Å²) < 4.78 is 5.86. The number of piperidine rings is 1. The average molecular weight is 289 g/mol. The van der Waals surface area contributed by atoms with Crippen LogP contribution in [0.4, 0.5) is 5.69 Å². The predicted octanol–water partition coefficient (Wildman–Crippen LogP) is 1.41. The van der Waals surface area contributed by atoms with Crippen LogP contribution in [0.25, 0.3) is 0 Å². The summed E-state index contributed by atoms with van der Waals surface area (Å²) in [5, 5.41) is 3.28. The minimum atomic E-state index is -0.407. The number of benzene rings is 1.